The fourth-order valence-corrected chi connectivity index (χ4v) is 1.71. The fourth-order valence-electron chi connectivity index (χ4n) is 1.71. The number of nitrogens with one attached hydrogen (secondary N) is 1. The van der Waals surface area contributed by atoms with Gasteiger partial charge in [0.1, 0.15) is 5.76 Å². The van der Waals surface area contributed by atoms with E-state index in [1.54, 1.807) is 0 Å². The van der Waals surface area contributed by atoms with Gasteiger partial charge in [-0.05, 0) is 25.9 Å². The second-order valence-electron chi connectivity index (χ2n) is 3.38. The lowest BCUT2D eigenvalue weighted by atomic mass is 9.96. The van der Waals surface area contributed by atoms with E-state index in [0.717, 1.165) is 31.7 Å². The standard InChI is InChI=1S/C9H15N3O/c10-5-9-12-6-8(13-9)7-1-3-11-4-2-7/h6-7,11H,1-5,10H2. The molecule has 1 saturated heterocycles. The second kappa shape index (κ2) is 3.89. The Kier molecular flexibility index (Phi) is 2.61. The van der Waals surface area contributed by atoms with E-state index in [9.17, 15) is 0 Å². The van der Waals surface area contributed by atoms with Gasteiger partial charge in [0.05, 0.1) is 12.7 Å². The van der Waals surface area contributed by atoms with E-state index in [0.29, 0.717) is 18.4 Å². The van der Waals surface area contributed by atoms with Gasteiger partial charge in [-0.3, -0.25) is 0 Å². The summed E-state index contributed by atoms with van der Waals surface area (Å²) in [6.45, 7) is 2.54. The first-order valence-corrected chi connectivity index (χ1v) is 4.75. The summed E-state index contributed by atoms with van der Waals surface area (Å²) in [6, 6.07) is 0. The molecule has 0 saturated carbocycles. The normalized spacial score (nSPS) is 19.2. The number of hydrogen-bond acceptors (Lipinski definition) is 4. The third-order valence-corrected chi connectivity index (χ3v) is 2.49. The highest BCUT2D eigenvalue weighted by Gasteiger charge is 2.18. The molecule has 0 aliphatic carbocycles. The lowest BCUT2D eigenvalue weighted by molar-refractivity contribution is 0.370. The molecule has 13 heavy (non-hydrogen) atoms. The number of aromatic nitrogens is 1. The van der Waals surface area contributed by atoms with Crippen LogP contribution in [-0.2, 0) is 6.54 Å². The molecule has 0 amide bonds. The maximum Gasteiger partial charge on any atom is 0.208 e. The Balaban J connectivity index is 2.05. The van der Waals surface area contributed by atoms with Gasteiger partial charge < -0.3 is 15.5 Å². The quantitative estimate of drug-likeness (QED) is 0.701. The van der Waals surface area contributed by atoms with Crippen molar-refractivity contribution in [3.05, 3.63) is 17.8 Å². The van der Waals surface area contributed by atoms with Gasteiger partial charge in [-0.1, -0.05) is 0 Å². The van der Waals surface area contributed by atoms with Gasteiger partial charge in [-0.15, -0.1) is 0 Å². The average molecular weight is 181 g/mol. The Morgan fingerprint density at radius 1 is 1.54 bits per heavy atom. The van der Waals surface area contributed by atoms with Crippen molar-refractivity contribution in [2.45, 2.75) is 25.3 Å². The minimum atomic E-state index is 0.394. The first-order valence-electron chi connectivity index (χ1n) is 4.75. The van der Waals surface area contributed by atoms with Crippen LogP contribution in [0.3, 0.4) is 0 Å². The minimum absolute atomic E-state index is 0.394. The Labute approximate surface area is 77.5 Å². The molecule has 1 aromatic heterocycles. The maximum absolute atomic E-state index is 5.51. The summed E-state index contributed by atoms with van der Waals surface area (Å²) < 4.78 is 5.51. The van der Waals surface area contributed by atoms with E-state index in [1.807, 2.05) is 6.20 Å². The van der Waals surface area contributed by atoms with Crippen LogP contribution in [0.25, 0.3) is 0 Å². The fraction of sp³-hybridized carbons (Fsp3) is 0.667. The van der Waals surface area contributed by atoms with Crippen molar-refractivity contribution < 1.29 is 4.42 Å². The van der Waals surface area contributed by atoms with Crippen molar-refractivity contribution in [2.24, 2.45) is 5.73 Å². The van der Waals surface area contributed by atoms with Crippen molar-refractivity contribution >= 4 is 0 Å². The smallest absolute Gasteiger partial charge is 0.208 e. The highest BCUT2D eigenvalue weighted by molar-refractivity contribution is 5.03. The van der Waals surface area contributed by atoms with E-state index < -0.39 is 0 Å². The molecular formula is C9H15N3O. The molecule has 4 nitrogen and oxygen atoms in total. The number of nitrogens with zero attached hydrogens (tertiary/aromatic N) is 1. The van der Waals surface area contributed by atoms with Gasteiger partial charge in [-0.25, -0.2) is 4.98 Å². The van der Waals surface area contributed by atoms with Gasteiger partial charge in [0.15, 0.2) is 0 Å². The largest absolute Gasteiger partial charge is 0.444 e. The minimum Gasteiger partial charge on any atom is -0.444 e. The van der Waals surface area contributed by atoms with Crippen LogP contribution in [-0.4, -0.2) is 18.1 Å². The number of piperidine rings is 1. The number of rotatable bonds is 2. The summed E-state index contributed by atoms with van der Waals surface area (Å²) in [5.74, 6) is 2.18. The predicted octanol–water partition coefficient (Wildman–Crippen LogP) is 0.600. The number of oxazole rings is 1. The molecule has 1 aliphatic heterocycles. The monoisotopic (exact) mass is 181 g/mol. The van der Waals surface area contributed by atoms with E-state index >= 15 is 0 Å². The van der Waals surface area contributed by atoms with Crippen molar-refractivity contribution in [3.8, 4) is 0 Å². The van der Waals surface area contributed by atoms with E-state index in [4.69, 9.17) is 10.2 Å². The Morgan fingerprint density at radius 3 is 2.92 bits per heavy atom. The first kappa shape index (κ1) is 8.72. The number of nitrogens with two attached hydrogens (primary N) is 1. The topological polar surface area (TPSA) is 64.1 Å². The summed E-state index contributed by atoms with van der Waals surface area (Å²) in [4.78, 5) is 4.10. The molecule has 1 fully saturated rings. The molecule has 1 aromatic rings. The van der Waals surface area contributed by atoms with Gasteiger partial charge >= 0.3 is 0 Å². The average Bonchev–Trinajstić information content (AvgIpc) is 2.67. The Morgan fingerprint density at radius 2 is 2.31 bits per heavy atom. The highest BCUT2D eigenvalue weighted by atomic mass is 16.4. The maximum atomic E-state index is 5.51. The molecule has 2 rings (SSSR count). The van der Waals surface area contributed by atoms with Crippen molar-refractivity contribution in [2.75, 3.05) is 13.1 Å². The van der Waals surface area contributed by atoms with Crippen LogP contribution < -0.4 is 11.1 Å². The van der Waals surface area contributed by atoms with Crippen LogP contribution >= 0.6 is 0 Å². The molecular weight excluding hydrogens is 166 g/mol. The molecule has 0 unspecified atom stereocenters. The van der Waals surface area contributed by atoms with Crippen molar-refractivity contribution in [3.63, 3.8) is 0 Å². The van der Waals surface area contributed by atoms with Crippen LogP contribution in [0.1, 0.15) is 30.4 Å². The summed E-state index contributed by atoms with van der Waals surface area (Å²) in [6.07, 6.45) is 4.09. The predicted molar refractivity (Wildman–Crippen MR) is 49.2 cm³/mol. The lowest BCUT2D eigenvalue weighted by Gasteiger charge is -2.19. The molecule has 72 valence electrons. The molecule has 3 N–H and O–H groups in total. The highest BCUT2D eigenvalue weighted by Crippen LogP contribution is 2.25. The lowest BCUT2D eigenvalue weighted by Crippen LogP contribution is -2.26. The van der Waals surface area contributed by atoms with Gasteiger partial charge in [0.25, 0.3) is 0 Å². The van der Waals surface area contributed by atoms with Crippen LogP contribution in [0.2, 0.25) is 0 Å². The third kappa shape index (κ3) is 1.89. The van der Waals surface area contributed by atoms with Crippen LogP contribution in [0, 0.1) is 0 Å². The molecule has 0 bridgehead atoms. The first-order chi connectivity index (χ1) is 6.40. The third-order valence-electron chi connectivity index (χ3n) is 2.49. The zero-order chi connectivity index (χ0) is 9.10. The van der Waals surface area contributed by atoms with Crippen molar-refractivity contribution in [1.82, 2.24) is 10.3 Å². The van der Waals surface area contributed by atoms with Crippen LogP contribution in [0.15, 0.2) is 10.6 Å². The van der Waals surface area contributed by atoms with E-state index in [1.165, 1.54) is 0 Å². The summed E-state index contributed by atoms with van der Waals surface area (Å²) in [7, 11) is 0. The molecule has 0 radical (unpaired) electrons. The van der Waals surface area contributed by atoms with Gasteiger partial charge in [0, 0.05) is 5.92 Å². The summed E-state index contributed by atoms with van der Waals surface area (Å²) >= 11 is 0. The zero-order valence-electron chi connectivity index (χ0n) is 7.62. The summed E-state index contributed by atoms with van der Waals surface area (Å²) in [5, 5.41) is 3.32. The van der Waals surface area contributed by atoms with E-state index in [2.05, 4.69) is 10.3 Å². The zero-order valence-corrected chi connectivity index (χ0v) is 7.62. The number of hydrogen-bond donors (Lipinski definition) is 2. The Hall–Kier alpha value is -0.870. The molecule has 1 aliphatic rings. The van der Waals surface area contributed by atoms with E-state index in [-0.39, 0.29) is 0 Å². The van der Waals surface area contributed by atoms with Crippen LogP contribution in [0.5, 0.6) is 0 Å². The van der Waals surface area contributed by atoms with Gasteiger partial charge in [-0.2, -0.15) is 0 Å². The van der Waals surface area contributed by atoms with Crippen molar-refractivity contribution in [1.29, 1.82) is 0 Å². The molecule has 4 heteroatoms. The van der Waals surface area contributed by atoms with Gasteiger partial charge in [0.2, 0.25) is 5.89 Å². The molecule has 2 heterocycles. The molecule has 0 aromatic carbocycles. The Bertz CT molecular complexity index is 266. The second-order valence-corrected chi connectivity index (χ2v) is 3.38. The molecule has 0 spiro atoms. The van der Waals surface area contributed by atoms with Crippen LogP contribution in [0.4, 0.5) is 0 Å². The summed E-state index contributed by atoms with van der Waals surface area (Å²) in [5.41, 5.74) is 5.42. The SMILES string of the molecule is NCc1ncc(C2CCNCC2)o1. The molecule has 0 atom stereocenters.